The SMILES string of the molecule is Cn1cc(C(=O)N2CCN(Cc3nnc4n3CCCCC4)CC2)cn1. The first kappa shape index (κ1) is 16.3. The molecule has 1 fully saturated rings. The summed E-state index contributed by atoms with van der Waals surface area (Å²) < 4.78 is 3.97. The predicted molar refractivity (Wildman–Crippen MR) is 92.0 cm³/mol. The van der Waals surface area contributed by atoms with E-state index in [1.807, 2.05) is 11.9 Å². The lowest BCUT2D eigenvalue weighted by Gasteiger charge is -2.34. The molecule has 8 heteroatoms. The Bertz CT molecular complexity index is 742. The minimum absolute atomic E-state index is 0.0732. The molecule has 2 aliphatic heterocycles. The van der Waals surface area contributed by atoms with Crippen molar-refractivity contribution in [1.29, 1.82) is 0 Å². The average Bonchev–Trinajstić information content (AvgIpc) is 3.14. The van der Waals surface area contributed by atoms with E-state index < -0.39 is 0 Å². The lowest BCUT2D eigenvalue weighted by atomic mass is 10.2. The number of fused-ring (bicyclic) bond motifs is 1. The number of aromatic nitrogens is 5. The van der Waals surface area contributed by atoms with E-state index in [2.05, 4.69) is 24.8 Å². The molecule has 1 amide bonds. The van der Waals surface area contributed by atoms with E-state index in [0.717, 1.165) is 57.3 Å². The van der Waals surface area contributed by atoms with Crippen molar-refractivity contribution in [2.24, 2.45) is 7.05 Å². The summed E-state index contributed by atoms with van der Waals surface area (Å²) in [5, 5.41) is 12.9. The Labute approximate surface area is 147 Å². The number of nitrogens with zero attached hydrogens (tertiary/aromatic N) is 7. The van der Waals surface area contributed by atoms with Gasteiger partial charge in [-0.15, -0.1) is 10.2 Å². The van der Waals surface area contributed by atoms with E-state index >= 15 is 0 Å². The first-order chi connectivity index (χ1) is 12.2. The van der Waals surface area contributed by atoms with Gasteiger partial charge >= 0.3 is 0 Å². The highest BCUT2D eigenvalue weighted by atomic mass is 16.2. The van der Waals surface area contributed by atoms with Crippen LogP contribution in [-0.2, 0) is 26.6 Å². The number of carbonyl (C=O) groups excluding carboxylic acids is 1. The van der Waals surface area contributed by atoms with Crippen LogP contribution >= 0.6 is 0 Å². The molecule has 0 N–H and O–H groups in total. The maximum Gasteiger partial charge on any atom is 0.257 e. The molecule has 0 aromatic carbocycles. The quantitative estimate of drug-likeness (QED) is 0.820. The van der Waals surface area contributed by atoms with Gasteiger partial charge in [-0.3, -0.25) is 14.4 Å². The lowest BCUT2D eigenvalue weighted by molar-refractivity contribution is 0.0623. The van der Waals surface area contributed by atoms with E-state index in [9.17, 15) is 4.79 Å². The minimum atomic E-state index is 0.0732. The van der Waals surface area contributed by atoms with Gasteiger partial charge < -0.3 is 9.47 Å². The Morgan fingerprint density at radius 2 is 1.92 bits per heavy atom. The zero-order valence-electron chi connectivity index (χ0n) is 14.8. The molecule has 2 aliphatic rings. The van der Waals surface area contributed by atoms with Gasteiger partial charge in [0.2, 0.25) is 0 Å². The molecule has 4 rings (SSSR count). The number of amides is 1. The maximum absolute atomic E-state index is 12.5. The molecular formula is C17H25N7O. The van der Waals surface area contributed by atoms with Crippen molar-refractivity contribution >= 4 is 5.91 Å². The Hall–Kier alpha value is -2.22. The fourth-order valence-corrected chi connectivity index (χ4v) is 3.69. The Kier molecular flexibility index (Phi) is 4.52. The molecule has 0 atom stereocenters. The predicted octanol–water partition coefficient (Wildman–Crippen LogP) is 0.696. The minimum Gasteiger partial charge on any atom is -0.336 e. The third kappa shape index (κ3) is 3.44. The monoisotopic (exact) mass is 343 g/mol. The van der Waals surface area contributed by atoms with Crippen LogP contribution in [0.3, 0.4) is 0 Å². The van der Waals surface area contributed by atoms with Gasteiger partial charge in [-0.25, -0.2) is 0 Å². The van der Waals surface area contributed by atoms with Crippen LogP contribution in [-0.4, -0.2) is 66.4 Å². The molecule has 4 heterocycles. The highest BCUT2D eigenvalue weighted by Crippen LogP contribution is 2.16. The summed E-state index contributed by atoms with van der Waals surface area (Å²) in [5.41, 5.74) is 0.665. The molecule has 0 saturated carbocycles. The molecule has 2 aromatic rings. The largest absolute Gasteiger partial charge is 0.336 e. The zero-order chi connectivity index (χ0) is 17.2. The van der Waals surface area contributed by atoms with Crippen molar-refractivity contribution in [1.82, 2.24) is 34.3 Å². The van der Waals surface area contributed by atoms with Gasteiger partial charge in [0.25, 0.3) is 5.91 Å². The molecule has 25 heavy (non-hydrogen) atoms. The van der Waals surface area contributed by atoms with E-state index in [-0.39, 0.29) is 5.91 Å². The summed E-state index contributed by atoms with van der Waals surface area (Å²) in [4.78, 5) is 16.8. The normalized spacial score (nSPS) is 18.8. The average molecular weight is 343 g/mol. The first-order valence-corrected chi connectivity index (χ1v) is 9.12. The van der Waals surface area contributed by atoms with Crippen LogP contribution in [0.2, 0.25) is 0 Å². The standard InChI is InChI=1S/C17H25N7O/c1-21-12-14(11-18-21)17(25)23-9-7-22(8-10-23)13-16-20-19-15-5-3-2-4-6-24(15)16/h11-12H,2-10,13H2,1H3. The number of hydrogen-bond donors (Lipinski definition) is 0. The second-order valence-corrected chi connectivity index (χ2v) is 6.97. The second-order valence-electron chi connectivity index (χ2n) is 6.97. The van der Waals surface area contributed by atoms with Crippen molar-refractivity contribution in [2.45, 2.75) is 38.8 Å². The fourth-order valence-electron chi connectivity index (χ4n) is 3.69. The molecular weight excluding hydrogens is 318 g/mol. The third-order valence-corrected chi connectivity index (χ3v) is 5.16. The molecule has 1 saturated heterocycles. The number of carbonyl (C=O) groups is 1. The summed E-state index contributed by atoms with van der Waals surface area (Å²) in [6.45, 7) is 5.09. The van der Waals surface area contributed by atoms with Gasteiger partial charge in [0, 0.05) is 52.4 Å². The van der Waals surface area contributed by atoms with E-state index in [1.54, 1.807) is 17.1 Å². The van der Waals surface area contributed by atoms with E-state index in [0.29, 0.717) is 5.56 Å². The maximum atomic E-state index is 12.5. The Balaban J connectivity index is 1.35. The van der Waals surface area contributed by atoms with Gasteiger partial charge in [-0.05, 0) is 12.8 Å². The molecule has 2 aromatic heterocycles. The number of hydrogen-bond acceptors (Lipinski definition) is 5. The molecule has 0 aliphatic carbocycles. The Morgan fingerprint density at radius 3 is 2.68 bits per heavy atom. The smallest absolute Gasteiger partial charge is 0.257 e. The van der Waals surface area contributed by atoms with Crippen LogP contribution in [0.5, 0.6) is 0 Å². The number of piperazine rings is 1. The van der Waals surface area contributed by atoms with Crippen molar-refractivity contribution in [3.8, 4) is 0 Å². The van der Waals surface area contributed by atoms with Crippen molar-refractivity contribution in [3.05, 3.63) is 29.6 Å². The fraction of sp³-hybridized carbons (Fsp3) is 0.647. The molecule has 0 unspecified atom stereocenters. The van der Waals surface area contributed by atoms with Gasteiger partial charge in [-0.2, -0.15) is 5.10 Å². The van der Waals surface area contributed by atoms with Gasteiger partial charge in [-0.1, -0.05) is 6.42 Å². The van der Waals surface area contributed by atoms with Crippen LogP contribution in [0, 0.1) is 0 Å². The summed E-state index contributed by atoms with van der Waals surface area (Å²) in [7, 11) is 1.83. The van der Waals surface area contributed by atoms with Crippen LogP contribution < -0.4 is 0 Å². The van der Waals surface area contributed by atoms with E-state index in [1.165, 1.54) is 19.3 Å². The zero-order valence-corrected chi connectivity index (χ0v) is 14.8. The molecule has 134 valence electrons. The van der Waals surface area contributed by atoms with Gasteiger partial charge in [0.05, 0.1) is 18.3 Å². The summed E-state index contributed by atoms with van der Waals surface area (Å²) in [5.74, 6) is 2.28. The summed E-state index contributed by atoms with van der Waals surface area (Å²) in [6.07, 6.45) is 8.16. The first-order valence-electron chi connectivity index (χ1n) is 9.12. The van der Waals surface area contributed by atoms with E-state index in [4.69, 9.17) is 0 Å². The van der Waals surface area contributed by atoms with Crippen LogP contribution in [0.25, 0.3) is 0 Å². The van der Waals surface area contributed by atoms with Crippen LogP contribution in [0.1, 0.15) is 41.3 Å². The summed E-state index contributed by atoms with van der Waals surface area (Å²) in [6, 6.07) is 0. The highest BCUT2D eigenvalue weighted by molar-refractivity contribution is 5.93. The van der Waals surface area contributed by atoms with Crippen LogP contribution in [0.15, 0.2) is 12.4 Å². The number of aryl methyl sites for hydroxylation is 2. The summed E-state index contributed by atoms with van der Waals surface area (Å²) >= 11 is 0. The molecule has 0 bridgehead atoms. The van der Waals surface area contributed by atoms with Crippen molar-refractivity contribution in [2.75, 3.05) is 26.2 Å². The van der Waals surface area contributed by atoms with Crippen molar-refractivity contribution < 1.29 is 4.79 Å². The number of rotatable bonds is 3. The highest BCUT2D eigenvalue weighted by Gasteiger charge is 2.24. The third-order valence-electron chi connectivity index (χ3n) is 5.16. The van der Waals surface area contributed by atoms with Gasteiger partial charge in [0.15, 0.2) is 0 Å². The lowest BCUT2D eigenvalue weighted by Crippen LogP contribution is -2.48. The Morgan fingerprint density at radius 1 is 1.08 bits per heavy atom. The molecule has 0 spiro atoms. The van der Waals surface area contributed by atoms with Crippen molar-refractivity contribution in [3.63, 3.8) is 0 Å². The molecule has 0 radical (unpaired) electrons. The second kappa shape index (κ2) is 6.95. The van der Waals surface area contributed by atoms with Gasteiger partial charge in [0.1, 0.15) is 11.6 Å². The molecule has 8 nitrogen and oxygen atoms in total. The topological polar surface area (TPSA) is 72.1 Å². The van der Waals surface area contributed by atoms with Crippen LogP contribution in [0.4, 0.5) is 0 Å².